The molecule has 0 saturated carbocycles. The largest absolute Gasteiger partial charge is 0.390 e. The molecule has 0 aliphatic heterocycles. The Balaban J connectivity index is 2.08. The van der Waals surface area contributed by atoms with E-state index in [0.717, 1.165) is 10.2 Å². The number of halogens is 1. The van der Waals surface area contributed by atoms with Gasteiger partial charge in [-0.2, -0.15) is 9.78 Å². The molecule has 0 aliphatic rings. The summed E-state index contributed by atoms with van der Waals surface area (Å²) in [5.74, 6) is -0.555. The number of carbonyl (C=O) groups excluding carboxylic acids is 1. The lowest BCUT2D eigenvalue weighted by Crippen LogP contribution is -2.32. The number of amides is 1. The van der Waals surface area contributed by atoms with Gasteiger partial charge in [-0.25, -0.2) is 0 Å². The van der Waals surface area contributed by atoms with Crippen LogP contribution in [0.3, 0.4) is 0 Å². The van der Waals surface area contributed by atoms with Gasteiger partial charge in [0.2, 0.25) is 5.91 Å². The maximum atomic E-state index is 12.2. The molecule has 10 heteroatoms. The second-order valence-corrected chi connectivity index (χ2v) is 5.66. The molecule has 1 atom stereocenters. The minimum atomic E-state index is -0.652. The molecule has 0 fully saturated rings. The Morgan fingerprint density at radius 1 is 1.59 bits per heavy atom. The number of nitrogens with zero attached hydrogens (tertiary/aromatic N) is 5. The van der Waals surface area contributed by atoms with Crippen molar-refractivity contribution < 1.29 is 9.72 Å². The van der Waals surface area contributed by atoms with Gasteiger partial charge < -0.3 is 15.4 Å². The minimum Gasteiger partial charge on any atom is -0.358 e. The van der Waals surface area contributed by atoms with Crippen LogP contribution in [0, 0.1) is 17.0 Å². The molecule has 2 rings (SSSR count). The molecule has 9 nitrogen and oxygen atoms in total. The number of carbonyl (C=O) groups is 1. The predicted molar refractivity (Wildman–Crippen MR) is 81.1 cm³/mol. The average molecular weight is 371 g/mol. The molecule has 1 N–H and O–H groups in total. The highest BCUT2D eigenvalue weighted by Gasteiger charge is 2.24. The third-order valence-corrected chi connectivity index (χ3v) is 3.95. The summed E-state index contributed by atoms with van der Waals surface area (Å²) in [6, 6.07) is 0.683. The minimum absolute atomic E-state index is 0.272. The fourth-order valence-corrected chi connectivity index (χ4v) is 2.51. The average Bonchev–Trinajstić information content (AvgIpc) is 2.99. The highest BCUT2D eigenvalue weighted by molar-refractivity contribution is 9.10. The molecule has 0 aromatic carbocycles. The van der Waals surface area contributed by atoms with Gasteiger partial charge in [0.1, 0.15) is 6.04 Å². The molecule has 2 aromatic heterocycles. The zero-order valence-electron chi connectivity index (χ0n) is 12.3. The van der Waals surface area contributed by atoms with Crippen LogP contribution in [-0.2, 0) is 18.4 Å². The van der Waals surface area contributed by atoms with Gasteiger partial charge in [-0.3, -0.25) is 9.48 Å². The van der Waals surface area contributed by atoms with Crippen LogP contribution in [0.2, 0.25) is 0 Å². The van der Waals surface area contributed by atoms with Crippen molar-refractivity contribution in [2.75, 3.05) is 0 Å². The molecule has 118 valence electrons. The molecule has 0 bridgehead atoms. The van der Waals surface area contributed by atoms with Crippen LogP contribution in [-0.4, -0.2) is 30.4 Å². The van der Waals surface area contributed by atoms with Crippen LogP contribution in [0.1, 0.15) is 24.4 Å². The van der Waals surface area contributed by atoms with Crippen molar-refractivity contribution in [2.45, 2.75) is 26.4 Å². The number of nitrogens with one attached hydrogen (secondary N) is 1. The second kappa shape index (κ2) is 6.26. The van der Waals surface area contributed by atoms with Gasteiger partial charge in [0.15, 0.2) is 0 Å². The van der Waals surface area contributed by atoms with Gasteiger partial charge >= 0.3 is 5.82 Å². The van der Waals surface area contributed by atoms with E-state index in [2.05, 4.69) is 31.4 Å². The monoisotopic (exact) mass is 370 g/mol. The summed E-state index contributed by atoms with van der Waals surface area (Å²) in [6.45, 7) is 3.60. The van der Waals surface area contributed by atoms with Crippen LogP contribution in [0.25, 0.3) is 0 Å². The molecule has 0 aliphatic carbocycles. The predicted octanol–water partition coefficient (Wildman–Crippen LogP) is 1.47. The number of aromatic nitrogens is 4. The first-order valence-electron chi connectivity index (χ1n) is 6.46. The van der Waals surface area contributed by atoms with Gasteiger partial charge in [-0.15, -0.1) is 0 Å². The number of rotatable bonds is 5. The molecule has 2 heterocycles. The summed E-state index contributed by atoms with van der Waals surface area (Å²) in [5.41, 5.74) is 1.37. The van der Waals surface area contributed by atoms with Gasteiger partial charge in [0.25, 0.3) is 0 Å². The summed E-state index contributed by atoms with van der Waals surface area (Å²) < 4.78 is 3.79. The van der Waals surface area contributed by atoms with E-state index >= 15 is 0 Å². The first-order chi connectivity index (χ1) is 10.3. The van der Waals surface area contributed by atoms with Crippen molar-refractivity contribution in [3.63, 3.8) is 0 Å². The van der Waals surface area contributed by atoms with E-state index in [1.165, 1.54) is 10.7 Å². The van der Waals surface area contributed by atoms with Crippen molar-refractivity contribution >= 4 is 27.7 Å². The summed E-state index contributed by atoms with van der Waals surface area (Å²) in [5, 5.41) is 21.4. The third-order valence-electron chi connectivity index (χ3n) is 3.28. The van der Waals surface area contributed by atoms with E-state index in [4.69, 9.17) is 0 Å². The molecular formula is C12H15BrN6O3. The Labute approximate surface area is 134 Å². The van der Waals surface area contributed by atoms with Crippen molar-refractivity contribution in [1.82, 2.24) is 24.9 Å². The molecule has 0 radical (unpaired) electrons. The number of hydrogen-bond acceptors (Lipinski definition) is 5. The maximum Gasteiger partial charge on any atom is 0.390 e. The van der Waals surface area contributed by atoms with Gasteiger partial charge in [0.05, 0.1) is 39.8 Å². The highest BCUT2D eigenvalue weighted by Crippen LogP contribution is 2.17. The molecule has 0 saturated heterocycles. The van der Waals surface area contributed by atoms with Crippen molar-refractivity contribution in [3.05, 3.63) is 38.2 Å². The molecule has 1 amide bonds. The maximum absolute atomic E-state index is 12.2. The van der Waals surface area contributed by atoms with E-state index in [9.17, 15) is 14.9 Å². The lowest BCUT2D eigenvalue weighted by atomic mass is 10.3. The van der Waals surface area contributed by atoms with E-state index in [1.807, 2.05) is 0 Å². The molecular weight excluding hydrogens is 356 g/mol. The number of nitro groups is 1. The quantitative estimate of drug-likeness (QED) is 0.633. The smallest absolute Gasteiger partial charge is 0.358 e. The van der Waals surface area contributed by atoms with Crippen LogP contribution in [0.5, 0.6) is 0 Å². The Hall–Kier alpha value is -2.23. The summed E-state index contributed by atoms with van der Waals surface area (Å²) in [7, 11) is 1.77. The fraction of sp³-hybridized carbons (Fsp3) is 0.417. The van der Waals surface area contributed by atoms with Crippen molar-refractivity contribution in [2.24, 2.45) is 7.05 Å². The van der Waals surface area contributed by atoms with Crippen LogP contribution < -0.4 is 5.32 Å². The zero-order chi connectivity index (χ0) is 16.4. The third kappa shape index (κ3) is 3.16. The lowest BCUT2D eigenvalue weighted by Gasteiger charge is -2.12. The van der Waals surface area contributed by atoms with Crippen LogP contribution in [0.15, 0.2) is 16.7 Å². The van der Waals surface area contributed by atoms with E-state index in [0.29, 0.717) is 12.2 Å². The SMILES string of the molecule is Cc1cc([N+](=O)[O-])nn1C(C)C(=O)NCc1c(Br)cnn1C. The number of aryl methyl sites for hydroxylation is 2. The van der Waals surface area contributed by atoms with Crippen molar-refractivity contribution in [3.8, 4) is 0 Å². The topological polar surface area (TPSA) is 108 Å². The van der Waals surface area contributed by atoms with E-state index in [-0.39, 0.29) is 11.7 Å². The van der Waals surface area contributed by atoms with E-state index in [1.54, 1.807) is 31.8 Å². The Kier molecular flexibility index (Phi) is 4.59. The Bertz CT molecular complexity index is 703. The summed E-state index contributed by atoms with van der Waals surface area (Å²) >= 11 is 3.35. The normalized spacial score (nSPS) is 12.2. The second-order valence-electron chi connectivity index (χ2n) is 4.80. The standard InChI is InChI=1S/C12H15BrN6O3/c1-7-4-11(19(21)22)16-18(7)8(2)12(20)14-6-10-9(13)5-15-17(10)3/h4-5,8H,6H2,1-3H3,(H,14,20). The van der Waals surface area contributed by atoms with Crippen molar-refractivity contribution in [1.29, 1.82) is 0 Å². The Morgan fingerprint density at radius 3 is 2.77 bits per heavy atom. The molecule has 1 unspecified atom stereocenters. The van der Waals surface area contributed by atoms with Gasteiger partial charge in [-0.05, 0) is 34.7 Å². The summed E-state index contributed by atoms with van der Waals surface area (Å²) in [4.78, 5) is 22.4. The van der Waals surface area contributed by atoms with Crippen LogP contribution >= 0.6 is 15.9 Å². The number of hydrogen-bond donors (Lipinski definition) is 1. The zero-order valence-corrected chi connectivity index (χ0v) is 13.9. The molecule has 22 heavy (non-hydrogen) atoms. The first kappa shape index (κ1) is 16.1. The first-order valence-corrected chi connectivity index (χ1v) is 7.25. The molecule has 0 spiro atoms. The molecule has 2 aromatic rings. The lowest BCUT2D eigenvalue weighted by molar-refractivity contribution is -0.389. The van der Waals surface area contributed by atoms with Gasteiger partial charge in [0, 0.05) is 7.05 Å². The summed E-state index contributed by atoms with van der Waals surface area (Å²) in [6.07, 6.45) is 1.64. The van der Waals surface area contributed by atoms with Crippen LogP contribution in [0.4, 0.5) is 5.82 Å². The highest BCUT2D eigenvalue weighted by atomic mass is 79.9. The fourth-order valence-electron chi connectivity index (χ4n) is 2.02. The van der Waals surface area contributed by atoms with E-state index < -0.39 is 11.0 Å². The Morgan fingerprint density at radius 2 is 2.27 bits per heavy atom. The van der Waals surface area contributed by atoms with Gasteiger partial charge in [-0.1, -0.05) is 0 Å².